The van der Waals surface area contributed by atoms with Gasteiger partial charge in [-0.25, -0.2) is 9.67 Å². The number of hydrogen-bond acceptors (Lipinski definition) is 5. The van der Waals surface area contributed by atoms with Crippen molar-refractivity contribution in [3.05, 3.63) is 72.1 Å². The third-order valence-corrected chi connectivity index (χ3v) is 5.73. The highest BCUT2D eigenvalue weighted by Crippen LogP contribution is 2.24. The molecule has 4 rings (SSSR count). The van der Waals surface area contributed by atoms with E-state index >= 15 is 0 Å². The van der Waals surface area contributed by atoms with Gasteiger partial charge in [0.1, 0.15) is 12.1 Å². The van der Waals surface area contributed by atoms with Gasteiger partial charge in [-0.1, -0.05) is 35.9 Å². The molecule has 7 nitrogen and oxygen atoms in total. The molecule has 36 heavy (non-hydrogen) atoms. The zero-order valence-corrected chi connectivity index (χ0v) is 20.1. The largest absolute Gasteiger partial charge is 0.573 e. The Morgan fingerprint density at radius 3 is 2.58 bits per heavy atom. The van der Waals surface area contributed by atoms with Crippen molar-refractivity contribution >= 4 is 23.5 Å². The molecule has 1 aliphatic rings. The van der Waals surface area contributed by atoms with Crippen LogP contribution in [0.25, 0.3) is 17.1 Å². The van der Waals surface area contributed by atoms with E-state index in [-0.39, 0.29) is 5.75 Å². The standard InChI is InChI=1S/C25H25F3N6OS/c26-25(27,28)35-22-12-10-21(11-13-22)34-17-30-23(33-34)20-8-6-19(7-9-20)16-31-32-24(36)29-15-14-18-4-2-1-3-5-18/h4,6-13,16-17H,1-3,5,14-15H2,(H2,29,32,36). The summed E-state index contributed by atoms with van der Waals surface area (Å²) in [6.45, 7) is 0.785. The molecular formula is C25H25F3N6OS. The van der Waals surface area contributed by atoms with Gasteiger partial charge in [0.15, 0.2) is 10.9 Å². The Kier molecular flexibility index (Phi) is 8.32. The molecule has 0 aliphatic heterocycles. The summed E-state index contributed by atoms with van der Waals surface area (Å²) in [5, 5.41) is 12.2. The third-order valence-electron chi connectivity index (χ3n) is 5.49. The minimum atomic E-state index is -4.73. The molecule has 1 heterocycles. The summed E-state index contributed by atoms with van der Waals surface area (Å²) in [4.78, 5) is 4.29. The monoisotopic (exact) mass is 514 g/mol. The van der Waals surface area contributed by atoms with Crippen LogP contribution in [0.2, 0.25) is 0 Å². The molecule has 0 unspecified atom stereocenters. The molecule has 0 bridgehead atoms. The molecular weight excluding hydrogens is 489 g/mol. The van der Waals surface area contributed by atoms with Gasteiger partial charge in [-0.3, -0.25) is 5.43 Å². The van der Waals surface area contributed by atoms with Crippen LogP contribution >= 0.6 is 12.2 Å². The SMILES string of the molecule is FC(F)(F)Oc1ccc(-n2cnc(-c3ccc(C=NNC(=S)NCCC4=CCCCC4)cc3)n2)cc1. The molecule has 188 valence electrons. The minimum Gasteiger partial charge on any atom is -0.406 e. The molecule has 0 saturated carbocycles. The lowest BCUT2D eigenvalue weighted by molar-refractivity contribution is -0.274. The molecule has 3 aromatic rings. The number of aromatic nitrogens is 3. The molecule has 0 saturated heterocycles. The molecule has 0 radical (unpaired) electrons. The van der Waals surface area contributed by atoms with Gasteiger partial charge >= 0.3 is 6.36 Å². The van der Waals surface area contributed by atoms with E-state index in [1.807, 2.05) is 24.3 Å². The number of hydrazone groups is 1. The summed E-state index contributed by atoms with van der Waals surface area (Å²) in [7, 11) is 0. The van der Waals surface area contributed by atoms with E-state index in [9.17, 15) is 13.2 Å². The van der Waals surface area contributed by atoms with E-state index in [4.69, 9.17) is 12.2 Å². The Morgan fingerprint density at radius 1 is 1.11 bits per heavy atom. The quantitative estimate of drug-likeness (QED) is 0.178. The van der Waals surface area contributed by atoms with Crippen LogP contribution < -0.4 is 15.5 Å². The maximum absolute atomic E-state index is 12.3. The number of ether oxygens (including phenoxy) is 1. The van der Waals surface area contributed by atoms with Crippen molar-refractivity contribution in [2.24, 2.45) is 5.10 Å². The molecule has 2 aromatic carbocycles. The number of alkyl halides is 3. The number of benzene rings is 2. The van der Waals surface area contributed by atoms with Gasteiger partial charge in [0, 0.05) is 12.1 Å². The van der Waals surface area contributed by atoms with Crippen molar-refractivity contribution in [3.63, 3.8) is 0 Å². The minimum absolute atomic E-state index is 0.299. The van der Waals surface area contributed by atoms with Crippen molar-refractivity contribution in [2.75, 3.05) is 6.54 Å². The van der Waals surface area contributed by atoms with Crippen LogP contribution in [0.5, 0.6) is 5.75 Å². The van der Waals surface area contributed by atoms with E-state index in [0.717, 1.165) is 24.1 Å². The van der Waals surface area contributed by atoms with Crippen LogP contribution in [0.3, 0.4) is 0 Å². The summed E-state index contributed by atoms with van der Waals surface area (Å²) < 4.78 is 42.3. The first-order valence-electron chi connectivity index (χ1n) is 11.5. The average molecular weight is 515 g/mol. The van der Waals surface area contributed by atoms with E-state index in [1.165, 1.54) is 66.5 Å². The van der Waals surface area contributed by atoms with Crippen LogP contribution in [-0.4, -0.2) is 39.0 Å². The zero-order chi connectivity index (χ0) is 25.4. The Bertz CT molecular complexity index is 1220. The van der Waals surface area contributed by atoms with Crippen molar-refractivity contribution in [1.82, 2.24) is 25.5 Å². The lowest BCUT2D eigenvalue weighted by Crippen LogP contribution is -2.32. The zero-order valence-electron chi connectivity index (χ0n) is 19.3. The van der Waals surface area contributed by atoms with E-state index in [0.29, 0.717) is 16.6 Å². The van der Waals surface area contributed by atoms with Crippen molar-refractivity contribution < 1.29 is 17.9 Å². The molecule has 0 fully saturated rings. The third kappa shape index (κ3) is 7.64. The summed E-state index contributed by atoms with van der Waals surface area (Å²) in [6.07, 6.45) is 6.67. The summed E-state index contributed by atoms with van der Waals surface area (Å²) >= 11 is 5.26. The van der Waals surface area contributed by atoms with Gasteiger partial charge in [0.25, 0.3) is 0 Å². The van der Waals surface area contributed by atoms with Gasteiger partial charge in [-0.15, -0.1) is 18.3 Å². The van der Waals surface area contributed by atoms with Crippen LogP contribution in [0.15, 0.2) is 71.6 Å². The Morgan fingerprint density at radius 2 is 1.89 bits per heavy atom. The molecule has 1 aromatic heterocycles. The van der Waals surface area contributed by atoms with E-state index in [1.54, 1.807) is 6.21 Å². The molecule has 1 aliphatic carbocycles. The molecule has 0 spiro atoms. The normalized spacial score (nSPS) is 13.9. The number of nitrogens with zero attached hydrogens (tertiary/aromatic N) is 4. The first-order valence-corrected chi connectivity index (χ1v) is 11.9. The van der Waals surface area contributed by atoms with Crippen LogP contribution in [0.1, 0.15) is 37.7 Å². The molecule has 11 heteroatoms. The number of thiocarbonyl (C=S) groups is 1. The Labute approximate surface area is 212 Å². The number of rotatable bonds is 8. The topological polar surface area (TPSA) is 76.4 Å². The second kappa shape index (κ2) is 11.8. The van der Waals surface area contributed by atoms with E-state index < -0.39 is 6.36 Å². The van der Waals surface area contributed by atoms with Gasteiger partial charge in [0.2, 0.25) is 0 Å². The first-order chi connectivity index (χ1) is 17.4. The van der Waals surface area contributed by atoms with Gasteiger partial charge in [-0.2, -0.15) is 5.10 Å². The highest BCUT2D eigenvalue weighted by atomic mass is 32.1. The van der Waals surface area contributed by atoms with Gasteiger partial charge < -0.3 is 10.1 Å². The van der Waals surface area contributed by atoms with Crippen LogP contribution in [-0.2, 0) is 0 Å². The number of halogens is 3. The predicted molar refractivity (Wildman–Crippen MR) is 136 cm³/mol. The summed E-state index contributed by atoms with van der Waals surface area (Å²) in [5.74, 6) is 0.178. The molecule has 0 atom stereocenters. The fourth-order valence-corrected chi connectivity index (χ4v) is 3.87. The molecule has 2 N–H and O–H groups in total. The lowest BCUT2D eigenvalue weighted by Gasteiger charge is -2.13. The van der Waals surface area contributed by atoms with Gasteiger partial charge in [0.05, 0.1) is 11.9 Å². The summed E-state index contributed by atoms with van der Waals surface area (Å²) in [6, 6.07) is 12.8. The number of nitrogens with one attached hydrogen (secondary N) is 2. The van der Waals surface area contributed by atoms with Gasteiger partial charge in [-0.05, 0) is 74.2 Å². The summed E-state index contributed by atoms with van der Waals surface area (Å²) in [5.41, 5.74) is 6.52. The second-order valence-corrected chi connectivity index (χ2v) is 8.57. The average Bonchev–Trinajstić information content (AvgIpc) is 3.35. The predicted octanol–water partition coefficient (Wildman–Crippen LogP) is 5.52. The lowest BCUT2D eigenvalue weighted by atomic mass is 9.97. The highest BCUT2D eigenvalue weighted by Gasteiger charge is 2.31. The van der Waals surface area contributed by atoms with Crippen molar-refractivity contribution in [1.29, 1.82) is 0 Å². The Balaban J connectivity index is 1.27. The maximum Gasteiger partial charge on any atom is 0.573 e. The van der Waals surface area contributed by atoms with E-state index in [2.05, 4.69) is 36.7 Å². The van der Waals surface area contributed by atoms with Crippen molar-refractivity contribution in [2.45, 2.75) is 38.5 Å². The number of hydrogen-bond donors (Lipinski definition) is 2. The molecule has 0 amide bonds. The van der Waals surface area contributed by atoms with Crippen molar-refractivity contribution in [3.8, 4) is 22.8 Å². The maximum atomic E-state index is 12.3. The smallest absolute Gasteiger partial charge is 0.406 e. The fraction of sp³-hybridized carbons (Fsp3) is 0.280. The highest BCUT2D eigenvalue weighted by molar-refractivity contribution is 7.80. The second-order valence-electron chi connectivity index (χ2n) is 8.16. The van der Waals surface area contributed by atoms with Crippen LogP contribution in [0, 0.1) is 0 Å². The fourth-order valence-electron chi connectivity index (χ4n) is 3.71. The first kappa shape index (κ1) is 25.4. The Hall–Kier alpha value is -3.73. The van der Waals surface area contributed by atoms with Crippen LogP contribution in [0.4, 0.5) is 13.2 Å². The number of allylic oxidation sites excluding steroid dienone is 1.